The molecule has 1 aliphatic heterocycles. The van der Waals surface area contributed by atoms with Crippen LogP contribution in [0, 0.1) is 40.9 Å². The second kappa shape index (κ2) is 26.4. The van der Waals surface area contributed by atoms with E-state index >= 15 is 0 Å². The molecule has 0 radical (unpaired) electrons. The van der Waals surface area contributed by atoms with E-state index in [4.69, 9.17) is 9.47 Å². The number of methoxy groups -OCH3 is 1. The molecule has 14 atom stereocenters. The van der Waals surface area contributed by atoms with Gasteiger partial charge in [0, 0.05) is 55.7 Å². The van der Waals surface area contributed by atoms with Gasteiger partial charge in [0.2, 0.25) is 0 Å². The minimum Gasteiger partial charge on any atom is -0.396 e. The third-order valence-electron chi connectivity index (χ3n) is 17.3. The van der Waals surface area contributed by atoms with Crippen molar-refractivity contribution in [2.45, 2.75) is 146 Å². The Hall–Kier alpha value is -3.15. The molecule has 0 aromatic heterocycles. The number of hydrogen-bond acceptors (Lipinski definition) is 13. The van der Waals surface area contributed by atoms with Crippen molar-refractivity contribution in [1.82, 2.24) is 16.0 Å². The zero-order chi connectivity index (χ0) is 51.3. The molecule has 1 aromatic carbocycles. The Morgan fingerprint density at radius 2 is 1.89 bits per heavy atom. The molecule has 71 heavy (non-hydrogen) atoms. The summed E-state index contributed by atoms with van der Waals surface area (Å²) in [7, 11) is 3.58. The molecule has 0 saturated heterocycles. The summed E-state index contributed by atoms with van der Waals surface area (Å²) in [6.45, 7) is 11.3. The number of fused-ring (bicyclic) bond motifs is 5. The maximum Gasteiger partial charge on any atom is 0.145 e. The van der Waals surface area contributed by atoms with Crippen molar-refractivity contribution < 1.29 is 50.0 Å². The maximum atomic E-state index is 13.0. The zero-order valence-corrected chi connectivity index (χ0v) is 43.4. The monoisotopic (exact) mass is 988 g/mol. The van der Waals surface area contributed by atoms with Gasteiger partial charge >= 0.3 is 0 Å². The Kier molecular flexibility index (Phi) is 21.2. The molecular weight excluding hydrogens is 899 g/mol. The van der Waals surface area contributed by atoms with Crippen LogP contribution in [-0.4, -0.2) is 144 Å². The van der Waals surface area contributed by atoms with Crippen LogP contribution in [0.3, 0.4) is 0 Å². The van der Waals surface area contributed by atoms with Crippen molar-refractivity contribution in [2.75, 3.05) is 60.3 Å². The molecule has 1 heterocycles. The highest BCUT2D eigenvalue weighted by Gasteiger charge is 2.68. The van der Waals surface area contributed by atoms with Gasteiger partial charge < -0.3 is 55.9 Å². The first-order chi connectivity index (χ1) is 34.1. The Morgan fingerprint density at radius 1 is 1.10 bits per heavy atom. The van der Waals surface area contributed by atoms with Gasteiger partial charge in [0.15, 0.2) is 0 Å². The minimum absolute atomic E-state index is 0.0139. The standard InChI is InChI=1S/C58H89N3O10/c1-38(45-17-16-39(2)55(68)61-56(24-27-70-6,31-43-12-8-11-42(28-43)29-45)48-14-9-15-49(30-48)60-33-41(4)65)10-7-13-47(36-71-37-50(66)35-64)51-20-22-58(54(51)67)53-44(21-26-62)18-19-46(52(53)40(3)34-63)32-57(58,69)23-25-59-5/h7-8,10-13,16,18-19,28,34,41,44-46,48-51,53-55,59-62,64-69H,1,9,14-15,17,20-27,29-33,35-37H2,2-6H3/b10-7+,39-16+,47-13-,52-40?/t41-,44+,45+,46-,48-,49-,50+,51-,53-,54+,55-,56-,57+,58+/m0/s1. The van der Waals surface area contributed by atoms with Crippen molar-refractivity contribution >= 4 is 6.29 Å². The maximum absolute atomic E-state index is 13.0. The van der Waals surface area contributed by atoms with Crippen LogP contribution in [0.4, 0.5) is 0 Å². The van der Waals surface area contributed by atoms with Crippen LogP contribution >= 0.6 is 0 Å². The third kappa shape index (κ3) is 13.4. The summed E-state index contributed by atoms with van der Waals surface area (Å²) in [5.74, 6) is -0.950. The van der Waals surface area contributed by atoms with Crippen LogP contribution < -0.4 is 16.0 Å². The van der Waals surface area contributed by atoms with E-state index in [1.807, 2.05) is 46.0 Å². The van der Waals surface area contributed by atoms with Crippen LogP contribution in [0.2, 0.25) is 0 Å². The normalized spacial score (nSPS) is 35.9. The summed E-state index contributed by atoms with van der Waals surface area (Å²) in [6.07, 6.45) is 18.8. The third-order valence-corrected chi connectivity index (χ3v) is 17.3. The van der Waals surface area contributed by atoms with Gasteiger partial charge in [-0.05, 0) is 163 Å². The number of allylic oxidation sites excluding steroid dienone is 9. The largest absolute Gasteiger partial charge is 0.396 e. The highest BCUT2D eigenvalue weighted by molar-refractivity contribution is 5.74. The first-order valence-electron chi connectivity index (χ1n) is 26.6. The summed E-state index contributed by atoms with van der Waals surface area (Å²) in [5, 5.41) is 88.9. The van der Waals surface area contributed by atoms with Gasteiger partial charge in [0.1, 0.15) is 18.6 Å². The number of carbonyl (C=O) groups is 1. The first-order valence-corrected chi connectivity index (χ1v) is 26.6. The molecular formula is C58H89N3O10. The number of benzene rings is 1. The van der Waals surface area contributed by atoms with Gasteiger partial charge in [0.05, 0.1) is 37.6 Å². The average Bonchev–Trinajstić information content (AvgIpc) is 3.71. The Balaban J connectivity index is 1.31. The van der Waals surface area contributed by atoms with E-state index in [9.17, 15) is 40.5 Å². The Bertz CT molecular complexity index is 2070. The van der Waals surface area contributed by atoms with Crippen LogP contribution in [0.15, 0.2) is 95.2 Å². The van der Waals surface area contributed by atoms with Gasteiger partial charge in [-0.1, -0.05) is 84.9 Å². The molecule has 1 aromatic rings. The Labute approximate surface area is 424 Å². The number of aliphatic hydroxyl groups excluding tert-OH is 6. The van der Waals surface area contributed by atoms with Gasteiger partial charge in [0.25, 0.3) is 0 Å². The van der Waals surface area contributed by atoms with E-state index in [-0.39, 0.29) is 55.5 Å². The van der Waals surface area contributed by atoms with Crippen LogP contribution in [0.25, 0.3) is 0 Å². The molecule has 6 rings (SSSR count). The highest BCUT2D eigenvalue weighted by Crippen LogP contribution is 2.67. The van der Waals surface area contributed by atoms with E-state index in [2.05, 4.69) is 65.0 Å². The smallest absolute Gasteiger partial charge is 0.145 e. The van der Waals surface area contributed by atoms with Crippen molar-refractivity contribution in [3.05, 3.63) is 106 Å². The summed E-state index contributed by atoms with van der Waals surface area (Å²) in [5.41, 5.74) is 3.66. The lowest BCUT2D eigenvalue weighted by molar-refractivity contribution is -0.194. The fourth-order valence-electron chi connectivity index (χ4n) is 13.6. The summed E-state index contributed by atoms with van der Waals surface area (Å²) < 4.78 is 11.8. The predicted octanol–water partition coefficient (Wildman–Crippen LogP) is 5.18. The van der Waals surface area contributed by atoms with Crippen molar-refractivity contribution in [1.29, 1.82) is 0 Å². The van der Waals surface area contributed by atoms with Crippen LogP contribution in [-0.2, 0) is 27.1 Å². The van der Waals surface area contributed by atoms with Crippen molar-refractivity contribution in [2.24, 2.45) is 40.9 Å². The predicted molar refractivity (Wildman–Crippen MR) is 279 cm³/mol. The SMILES string of the molecule is C=C(/C=C/C=C(/COC[C@H](O)CO)[C@@H]1CC[C@]2([C@@H]1O)[C@@H]1C(=C(C)C=O)[C@@H](C=C[C@@H]1CCO)C[C@]2(O)CCNC)[C@@H]1C/C=C(\C)[C@H](O)N[C@](CCOC)([C@H]2CCC[C@H](NC[C@H](C)O)C2)Cc2cccc(c2)C1. The molecule has 13 nitrogen and oxygen atoms in total. The number of ether oxygens (including phenoxy) is 2. The first kappa shape index (κ1) is 57.1. The fraction of sp³-hybridized carbons (Fsp3) is 0.672. The number of aliphatic hydroxyl groups is 7. The fourth-order valence-corrected chi connectivity index (χ4v) is 13.6. The van der Waals surface area contributed by atoms with Gasteiger partial charge in [-0.25, -0.2) is 0 Å². The van der Waals surface area contributed by atoms with E-state index in [1.54, 1.807) is 7.11 Å². The molecule has 3 saturated carbocycles. The lowest BCUT2D eigenvalue weighted by Gasteiger charge is -2.61. The van der Waals surface area contributed by atoms with Crippen LogP contribution in [0.1, 0.15) is 103 Å². The summed E-state index contributed by atoms with van der Waals surface area (Å²) >= 11 is 0. The second-order valence-electron chi connectivity index (χ2n) is 22.0. The van der Waals surface area contributed by atoms with Gasteiger partial charge in [-0.2, -0.15) is 0 Å². The number of nitrogens with one attached hydrogen (secondary N) is 3. The molecule has 1 spiro atoms. The molecule has 396 valence electrons. The highest BCUT2D eigenvalue weighted by atomic mass is 16.5. The van der Waals surface area contributed by atoms with Crippen molar-refractivity contribution in [3.63, 3.8) is 0 Å². The van der Waals surface area contributed by atoms with E-state index < -0.39 is 53.6 Å². The molecule has 4 bridgehead atoms. The number of carbonyl (C=O) groups excluding carboxylic acids is 1. The van der Waals surface area contributed by atoms with Crippen LogP contribution in [0.5, 0.6) is 0 Å². The Morgan fingerprint density at radius 3 is 2.61 bits per heavy atom. The second-order valence-corrected chi connectivity index (χ2v) is 22.0. The molecule has 4 aliphatic carbocycles. The molecule has 10 N–H and O–H groups in total. The quantitative estimate of drug-likeness (QED) is 0.0315. The van der Waals surface area contributed by atoms with E-state index in [0.29, 0.717) is 70.2 Å². The topological polar surface area (TPSA) is 213 Å². The van der Waals surface area contributed by atoms with Crippen molar-refractivity contribution in [3.8, 4) is 0 Å². The summed E-state index contributed by atoms with van der Waals surface area (Å²) in [6, 6.07) is 9.06. The van der Waals surface area contributed by atoms with Gasteiger partial charge in [-0.3, -0.25) is 10.1 Å². The molecule has 13 heteroatoms. The lowest BCUT2D eigenvalue weighted by Crippen LogP contribution is -2.65. The summed E-state index contributed by atoms with van der Waals surface area (Å²) in [4.78, 5) is 12.5. The molecule has 0 unspecified atom stereocenters. The lowest BCUT2D eigenvalue weighted by atomic mass is 9.45. The molecule has 0 amide bonds. The molecule has 3 fully saturated rings. The number of aldehydes is 1. The average molecular weight is 988 g/mol. The van der Waals surface area contributed by atoms with Gasteiger partial charge in [-0.15, -0.1) is 0 Å². The number of rotatable bonds is 22. The minimum atomic E-state index is -1.30. The molecule has 5 aliphatic rings. The van der Waals surface area contributed by atoms with E-state index in [0.717, 1.165) is 67.1 Å². The number of hydrogen-bond donors (Lipinski definition) is 10. The zero-order valence-electron chi connectivity index (χ0n) is 43.4. The van der Waals surface area contributed by atoms with E-state index in [1.165, 1.54) is 11.1 Å².